The molecule has 0 amide bonds. The van der Waals surface area contributed by atoms with Gasteiger partial charge in [-0.3, -0.25) is 4.79 Å². The normalized spacial score (nSPS) is 44.3. The minimum atomic E-state index is -0.243. The highest BCUT2D eigenvalue weighted by Crippen LogP contribution is 2.66. The van der Waals surface area contributed by atoms with Gasteiger partial charge in [-0.2, -0.15) is 0 Å². The van der Waals surface area contributed by atoms with Gasteiger partial charge in [0.15, 0.2) is 5.78 Å². The summed E-state index contributed by atoms with van der Waals surface area (Å²) in [4.78, 5) is 13.5. The molecule has 2 nitrogen and oxygen atoms in total. The van der Waals surface area contributed by atoms with Crippen LogP contribution in [-0.2, 0) is 4.79 Å². The molecule has 0 aromatic heterocycles. The van der Waals surface area contributed by atoms with Gasteiger partial charge >= 0.3 is 0 Å². The molecule has 9 atom stereocenters. The van der Waals surface area contributed by atoms with E-state index in [0.29, 0.717) is 23.0 Å². The summed E-state index contributed by atoms with van der Waals surface area (Å²) in [6, 6.07) is 0. The molecule has 4 aliphatic rings. The number of allylic oxidation sites excluding steroid dienone is 1. The van der Waals surface area contributed by atoms with Gasteiger partial charge in [0, 0.05) is 5.92 Å². The average Bonchev–Trinajstić information content (AvgIpc) is 3.06. The molecule has 3 fully saturated rings. The van der Waals surface area contributed by atoms with Crippen molar-refractivity contribution in [2.75, 3.05) is 0 Å². The Morgan fingerprint density at radius 3 is 2.45 bits per heavy atom. The lowest BCUT2D eigenvalue weighted by atomic mass is 9.46. The first-order valence-corrected chi connectivity index (χ1v) is 13.5. The monoisotopic (exact) mass is 428 g/mol. The molecule has 0 aliphatic heterocycles. The molecule has 4 aliphatic carbocycles. The summed E-state index contributed by atoms with van der Waals surface area (Å²) in [7, 11) is 0. The number of aliphatic hydroxyl groups is 1. The predicted octanol–water partition coefficient (Wildman–Crippen LogP) is 7.20. The lowest BCUT2D eigenvalue weighted by Crippen LogP contribution is -2.53. The van der Waals surface area contributed by atoms with Crippen molar-refractivity contribution >= 4 is 5.78 Å². The minimum Gasteiger partial charge on any atom is -0.393 e. The second-order valence-electron chi connectivity index (χ2n) is 12.8. The van der Waals surface area contributed by atoms with E-state index in [1.54, 1.807) is 0 Å². The molecular formula is C29H48O2. The van der Waals surface area contributed by atoms with Crippen LogP contribution in [0.2, 0.25) is 0 Å². The van der Waals surface area contributed by atoms with Crippen molar-refractivity contribution in [2.45, 2.75) is 112 Å². The first-order valence-electron chi connectivity index (χ1n) is 13.5. The first-order chi connectivity index (χ1) is 14.6. The maximum atomic E-state index is 13.5. The fourth-order valence-corrected chi connectivity index (χ4v) is 9.04. The molecule has 176 valence electrons. The van der Waals surface area contributed by atoms with E-state index in [2.05, 4.69) is 41.5 Å². The number of hydrogen-bond acceptors (Lipinski definition) is 2. The molecule has 0 heterocycles. The van der Waals surface area contributed by atoms with Gasteiger partial charge in [0.2, 0.25) is 0 Å². The number of hydrogen-bond donors (Lipinski definition) is 1. The summed E-state index contributed by atoms with van der Waals surface area (Å²) in [6.45, 7) is 14.6. The van der Waals surface area contributed by atoms with E-state index in [-0.39, 0.29) is 17.4 Å². The Hall–Kier alpha value is -0.630. The fourth-order valence-electron chi connectivity index (χ4n) is 9.04. The molecule has 1 N–H and O–H groups in total. The molecule has 0 aromatic rings. The SMILES string of the molecule is CC[C@@H](CC[C@@H](C)[C@H]1CC[C@H]2[C@@H]3C(=O)C=C4C[C@@H](O)CC[C@]4(C)[C@H]3CC[C@]12C)C(C)C. The predicted molar refractivity (Wildman–Crippen MR) is 129 cm³/mol. The van der Waals surface area contributed by atoms with E-state index in [9.17, 15) is 9.90 Å². The largest absolute Gasteiger partial charge is 0.393 e. The lowest BCUT2D eigenvalue weighted by Gasteiger charge is -2.57. The number of aliphatic hydroxyl groups excluding tert-OH is 1. The summed E-state index contributed by atoms with van der Waals surface area (Å²) >= 11 is 0. The number of carbonyl (C=O) groups is 1. The number of fused-ring (bicyclic) bond motifs is 5. The highest BCUT2D eigenvalue weighted by molar-refractivity contribution is 5.94. The highest BCUT2D eigenvalue weighted by atomic mass is 16.3. The topological polar surface area (TPSA) is 37.3 Å². The molecular weight excluding hydrogens is 380 g/mol. The second-order valence-corrected chi connectivity index (χ2v) is 12.8. The zero-order valence-electron chi connectivity index (χ0n) is 21.1. The average molecular weight is 429 g/mol. The van der Waals surface area contributed by atoms with E-state index >= 15 is 0 Å². The van der Waals surface area contributed by atoms with Crippen molar-refractivity contribution in [3.05, 3.63) is 11.6 Å². The molecule has 0 spiro atoms. The van der Waals surface area contributed by atoms with E-state index in [4.69, 9.17) is 0 Å². The van der Waals surface area contributed by atoms with E-state index in [1.165, 1.54) is 50.5 Å². The number of ketones is 1. The van der Waals surface area contributed by atoms with Gasteiger partial charge in [-0.1, -0.05) is 60.0 Å². The van der Waals surface area contributed by atoms with Crippen molar-refractivity contribution in [3.8, 4) is 0 Å². The first kappa shape index (κ1) is 23.5. The Labute approximate surface area is 191 Å². The Morgan fingerprint density at radius 2 is 1.77 bits per heavy atom. The van der Waals surface area contributed by atoms with Crippen molar-refractivity contribution in [1.82, 2.24) is 0 Å². The molecule has 2 heteroatoms. The van der Waals surface area contributed by atoms with Crippen LogP contribution in [0.5, 0.6) is 0 Å². The van der Waals surface area contributed by atoms with Gasteiger partial charge in [0.25, 0.3) is 0 Å². The molecule has 0 unspecified atom stereocenters. The summed E-state index contributed by atoms with van der Waals surface area (Å²) in [5.41, 5.74) is 1.75. The lowest BCUT2D eigenvalue weighted by molar-refractivity contribution is -0.135. The third-order valence-electron chi connectivity index (χ3n) is 11.1. The molecule has 0 bridgehead atoms. The standard InChI is InChI=1S/C29H48O2/c1-7-20(18(2)3)9-8-19(4)23-10-11-24-27-25(13-15-29(23,24)6)28(5)14-12-22(30)16-21(28)17-26(27)31/h17-20,22-25,27,30H,7-16H2,1-6H3/t19-,20+,22+,23-,24+,25+,27+,28+,29-/m1/s1. The molecule has 0 saturated heterocycles. The Morgan fingerprint density at radius 1 is 1.03 bits per heavy atom. The Balaban J connectivity index is 1.52. The summed E-state index contributed by atoms with van der Waals surface area (Å²) in [6.07, 6.45) is 13.5. The fraction of sp³-hybridized carbons (Fsp3) is 0.897. The smallest absolute Gasteiger partial charge is 0.159 e. The van der Waals surface area contributed by atoms with Crippen LogP contribution in [0.15, 0.2) is 11.6 Å². The molecule has 0 aromatic carbocycles. The third-order valence-corrected chi connectivity index (χ3v) is 11.1. The summed E-state index contributed by atoms with van der Waals surface area (Å²) in [5.74, 6) is 4.90. The van der Waals surface area contributed by atoms with Gasteiger partial charge in [0.05, 0.1) is 6.10 Å². The van der Waals surface area contributed by atoms with Crippen LogP contribution in [0, 0.1) is 52.3 Å². The van der Waals surface area contributed by atoms with Gasteiger partial charge in [-0.25, -0.2) is 0 Å². The maximum absolute atomic E-state index is 13.5. The van der Waals surface area contributed by atoms with Crippen LogP contribution >= 0.6 is 0 Å². The van der Waals surface area contributed by atoms with Crippen LogP contribution in [0.3, 0.4) is 0 Å². The van der Waals surface area contributed by atoms with E-state index in [0.717, 1.165) is 42.9 Å². The highest BCUT2D eigenvalue weighted by Gasteiger charge is 2.61. The molecule has 0 radical (unpaired) electrons. The Kier molecular flexibility index (Phi) is 6.54. The molecule has 3 saturated carbocycles. The second kappa shape index (κ2) is 8.62. The number of rotatable bonds is 6. The van der Waals surface area contributed by atoms with Crippen molar-refractivity contribution in [3.63, 3.8) is 0 Å². The zero-order valence-corrected chi connectivity index (χ0v) is 21.1. The number of carbonyl (C=O) groups excluding carboxylic acids is 1. The van der Waals surface area contributed by atoms with Crippen molar-refractivity contribution < 1.29 is 9.90 Å². The van der Waals surface area contributed by atoms with Gasteiger partial charge in [-0.05, 0) is 104 Å². The van der Waals surface area contributed by atoms with E-state index < -0.39 is 0 Å². The van der Waals surface area contributed by atoms with Crippen LogP contribution in [0.1, 0.15) is 106 Å². The maximum Gasteiger partial charge on any atom is 0.159 e. The van der Waals surface area contributed by atoms with Crippen molar-refractivity contribution in [1.29, 1.82) is 0 Å². The van der Waals surface area contributed by atoms with Gasteiger partial charge < -0.3 is 5.11 Å². The summed E-state index contributed by atoms with van der Waals surface area (Å²) in [5, 5.41) is 10.2. The van der Waals surface area contributed by atoms with E-state index in [1.807, 2.05) is 6.08 Å². The zero-order chi connectivity index (χ0) is 22.6. The minimum absolute atomic E-state index is 0.147. The summed E-state index contributed by atoms with van der Waals surface area (Å²) < 4.78 is 0. The van der Waals surface area contributed by atoms with Gasteiger partial charge in [0.1, 0.15) is 0 Å². The van der Waals surface area contributed by atoms with Crippen LogP contribution in [0.25, 0.3) is 0 Å². The molecule has 4 rings (SSSR count). The Bertz CT molecular complexity index is 708. The van der Waals surface area contributed by atoms with Gasteiger partial charge in [-0.15, -0.1) is 0 Å². The van der Waals surface area contributed by atoms with Crippen LogP contribution in [-0.4, -0.2) is 17.0 Å². The quantitative estimate of drug-likeness (QED) is 0.485. The van der Waals surface area contributed by atoms with Crippen LogP contribution in [0.4, 0.5) is 0 Å². The van der Waals surface area contributed by atoms with Crippen molar-refractivity contribution in [2.24, 2.45) is 52.3 Å². The third kappa shape index (κ3) is 3.87. The molecule has 31 heavy (non-hydrogen) atoms. The van der Waals surface area contributed by atoms with Crippen LogP contribution < -0.4 is 0 Å².